The molecule has 0 aliphatic heterocycles. The standard InChI is InChI=1S/C15H18N2O.BrH/c18-12-6-7-14-13(10-12)15(8-9-16-14)17-11-4-2-1-3-5-11;/h6-11,18H,1-5H2,(H,16,17);1H. The van der Waals surface area contributed by atoms with Crippen LogP contribution in [0.3, 0.4) is 0 Å². The molecule has 102 valence electrons. The Morgan fingerprint density at radius 2 is 1.89 bits per heavy atom. The summed E-state index contributed by atoms with van der Waals surface area (Å²) >= 11 is 0. The van der Waals surface area contributed by atoms with E-state index in [0.717, 1.165) is 16.6 Å². The number of rotatable bonds is 2. The highest BCUT2D eigenvalue weighted by Gasteiger charge is 2.14. The lowest BCUT2D eigenvalue weighted by molar-refractivity contribution is 0.463. The monoisotopic (exact) mass is 322 g/mol. The van der Waals surface area contributed by atoms with Crippen LogP contribution in [0.4, 0.5) is 5.69 Å². The van der Waals surface area contributed by atoms with Gasteiger partial charge in [-0.2, -0.15) is 0 Å². The van der Waals surface area contributed by atoms with Crippen LogP contribution in [-0.2, 0) is 0 Å². The molecule has 0 bridgehead atoms. The molecule has 19 heavy (non-hydrogen) atoms. The summed E-state index contributed by atoms with van der Waals surface area (Å²) in [5.74, 6) is 0.294. The largest absolute Gasteiger partial charge is 0.508 e. The molecular formula is C15H19BrN2O. The SMILES string of the molecule is Br.Oc1ccc2nccc(NC3CCCCC3)c2c1. The maximum atomic E-state index is 9.60. The van der Waals surface area contributed by atoms with Gasteiger partial charge in [0, 0.05) is 23.3 Å². The van der Waals surface area contributed by atoms with E-state index in [4.69, 9.17) is 0 Å². The van der Waals surface area contributed by atoms with Crippen molar-refractivity contribution in [3.8, 4) is 5.75 Å². The second-order valence-corrected chi connectivity index (χ2v) is 5.04. The highest BCUT2D eigenvalue weighted by molar-refractivity contribution is 8.93. The number of benzene rings is 1. The normalized spacial score (nSPS) is 16.0. The molecule has 0 atom stereocenters. The first-order valence-corrected chi connectivity index (χ1v) is 6.67. The lowest BCUT2D eigenvalue weighted by Gasteiger charge is -2.24. The van der Waals surface area contributed by atoms with Crippen LogP contribution in [0.25, 0.3) is 10.9 Å². The molecule has 1 aliphatic rings. The Labute approximate surface area is 123 Å². The van der Waals surface area contributed by atoms with Crippen LogP contribution >= 0.6 is 17.0 Å². The van der Waals surface area contributed by atoms with Crippen molar-refractivity contribution in [3.05, 3.63) is 30.5 Å². The van der Waals surface area contributed by atoms with E-state index in [1.807, 2.05) is 18.3 Å². The number of pyridine rings is 1. The van der Waals surface area contributed by atoms with Gasteiger partial charge in [-0.05, 0) is 37.1 Å². The van der Waals surface area contributed by atoms with Crippen LogP contribution < -0.4 is 5.32 Å². The summed E-state index contributed by atoms with van der Waals surface area (Å²) in [4.78, 5) is 4.32. The highest BCUT2D eigenvalue weighted by Crippen LogP contribution is 2.28. The van der Waals surface area contributed by atoms with E-state index in [1.165, 1.54) is 32.1 Å². The number of hydrogen-bond acceptors (Lipinski definition) is 3. The van der Waals surface area contributed by atoms with Gasteiger partial charge in [0.1, 0.15) is 5.75 Å². The minimum Gasteiger partial charge on any atom is -0.508 e. The molecule has 4 heteroatoms. The molecule has 0 radical (unpaired) electrons. The van der Waals surface area contributed by atoms with Crippen LogP contribution in [-0.4, -0.2) is 16.1 Å². The molecule has 1 heterocycles. The fraction of sp³-hybridized carbons (Fsp3) is 0.400. The van der Waals surface area contributed by atoms with Gasteiger partial charge in [0.15, 0.2) is 0 Å². The minimum absolute atomic E-state index is 0. The van der Waals surface area contributed by atoms with Crippen molar-refractivity contribution in [1.82, 2.24) is 4.98 Å². The van der Waals surface area contributed by atoms with Crippen LogP contribution in [0.15, 0.2) is 30.5 Å². The summed E-state index contributed by atoms with van der Waals surface area (Å²) < 4.78 is 0. The van der Waals surface area contributed by atoms with Crippen molar-refractivity contribution in [1.29, 1.82) is 0 Å². The van der Waals surface area contributed by atoms with E-state index < -0.39 is 0 Å². The minimum atomic E-state index is 0. The maximum absolute atomic E-state index is 9.60. The number of phenols is 1. The molecule has 0 spiro atoms. The van der Waals surface area contributed by atoms with Gasteiger partial charge in [-0.3, -0.25) is 4.98 Å². The van der Waals surface area contributed by atoms with E-state index in [1.54, 1.807) is 12.1 Å². The zero-order chi connectivity index (χ0) is 12.4. The molecule has 3 rings (SSSR count). The molecule has 1 fully saturated rings. The van der Waals surface area contributed by atoms with Gasteiger partial charge < -0.3 is 10.4 Å². The Kier molecular flexibility index (Phi) is 4.64. The molecule has 0 unspecified atom stereocenters. The summed E-state index contributed by atoms with van der Waals surface area (Å²) in [5.41, 5.74) is 2.01. The number of aromatic nitrogens is 1. The average Bonchev–Trinajstić information content (AvgIpc) is 2.41. The number of nitrogens with one attached hydrogen (secondary N) is 1. The summed E-state index contributed by atoms with van der Waals surface area (Å²) in [6.45, 7) is 0. The molecule has 0 amide bonds. The van der Waals surface area contributed by atoms with Crippen LogP contribution in [0.2, 0.25) is 0 Å². The Balaban J connectivity index is 0.00000133. The molecule has 1 aromatic heterocycles. The van der Waals surface area contributed by atoms with Gasteiger partial charge in [-0.15, -0.1) is 17.0 Å². The number of phenolic OH excluding ortho intramolecular Hbond substituents is 1. The topological polar surface area (TPSA) is 45.2 Å². The van der Waals surface area contributed by atoms with E-state index in [-0.39, 0.29) is 17.0 Å². The summed E-state index contributed by atoms with van der Waals surface area (Å²) in [7, 11) is 0. The smallest absolute Gasteiger partial charge is 0.116 e. The van der Waals surface area contributed by atoms with Crippen molar-refractivity contribution in [3.63, 3.8) is 0 Å². The van der Waals surface area contributed by atoms with Crippen LogP contribution in [0, 0.1) is 0 Å². The highest BCUT2D eigenvalue weighted by atomic mass is 79.9. The number of aromatic hydroxyl groups is 1. The number of anilines is 1. The summed E-state index contributed by atoms with van der Waals surface area (Å²) in [6.07, 6.45) is 8.28. The molecule has 1 aliphatic carbocycles. The number of nitrogens with zero attached hydrogens (tertiary/aromatic N) is 1. The molecule has 3 nitrogen and oxygen atoms in total. The Morgan fingerprint density at radius 3 is 2.68 bits per heavy atom. The predicted octanol–water partition coefficient (Wildman–Crippen LogP) is 4.26. The van der Waals surface area contributed by atoms with Crippen molar-refractivity contribution in [2.75, 3.05) is 5.32 Å². The molecule has 1 aromatic carbocycles. The molecule has 0 saturated heterocycles. The number of fused-ring (bicyclic) bond motifs is 1. The summed E-state index contributed by atoms with van der Waals surface area (Å²) in [5, 5.41) is 14.2. The average molecular weight is 323 g/mol. The van der Waals surface area contributed by atoms with E-state index in [9.17, 15) is 5.11 Å². The van der Waals surface area contributed by atoms with Gasteiger partial charge >= 0.3 is 0 Å². The van der Waals surface area contributed by atoms with Crippen LogP contribution in [0.1, 0.15) is 32.1 Å². The Hall–Kier alpha value is -1.29. The fourth-order valence-corrected chi connectivity index (χ4v) is 2.73. The van der Waals surface area contributed by atoms with Crippen molar-refractivity contribution in [2.45, 2.75) is 38.1 Å². The van der Waals surface area contributed by atoms with E-state index in [0.29, 0.717) is 11.8 Å². The van der Waals surface area contributed by atoms with E-state index >= 15 is 0 Å². The van der Waals surface area contributed by atoms with Gasteiger partial charge in [0.25, 0.3) is 0 Å². The lowest BCUT2D eigenvalue weighted by Crippen LogP contribution is -2.22. The third-order valence-corrected chi connectivity index (χ3v) is 3.69. The maximum Gasteiger partial charge on any atom is 0.116 e. The van der Waals surface area contributed by atoms with Gasteiger partial charge in [-0.25, -0.2) is 0 Å². The third-order valence-electron chi connectivity index (χ3n) is 3.69. The Bertz CT molecular complexity index is 553. The first-order valence-electron chi connectivity index (χ1n) is 6.67. The van der Waals surface area contributed by atoms with Gasteiger partial charge in [0.05, 0.1) is 5.52 Å². The second-order valence-electron chi connectivity index (χ2n) is 5.04. The Morgan fingerprint density at radius 1 is 1.11 bits per heavy atom. The lowest BCUT2D eigenvalue weighted by atomic mass is 9.95. The fourth-order valence-electron chi connectivity index (χ4n) is 2.73. The molecule has 2 aromatic rings. The van der Waals surface area contributed by atoms with Crippen LogP contribution in [0.5, 0.6) is 5.75 Å². The first kappa shape index (κ1) is 14.1. The third kappa shape index (κ3) is 3.18. The predicted molar refractivity (Wildman–Crippen MR) is 84.2 cm³/mol. The number of halogens is 1. The van der Waals surface area contributed by atoms with Crippen molar-refractivity contribution < 1.29 is 5.11 Å². The molecular weight excluding hydrogens is 304 g/mol. The quantitative estimate of drug-likeness (QED) is 0.868. The number of hydrogen-bond donors (Lipinski definition) is 2. The summed E-state index contributed by atoms with van der Waals surface area (Å²) in [6, 6.07) is 7.88. The molecule has 2 N–H and O–H groups in total. The second kappa shape index (κ2) is 6.24. The molecule has 1 saturated carbocycles. The zero-order valence-electron chi connectivity index (χ0n) is 10.8. The van der Waals surface area contributed by atoms with Crippen molar-refractivity contribution in [2.24, 2.45) is 0 Å². The van der Waals surface area contributed by atoms with E-state index in [2.05, 4.69) is 10.3 Å². The zero-order valence-corrected chi connectivity index (χ0v) is 12.5. The van der Waals surface area contributed by atoms with Crippen molar-refractivity contribution >= 4 is 33.6 Å². The van der Waals surface area contributed by atoms with Gasteiger partial charge in [0.2, 0.25) is 0 Å². The van der Waals surface area contributed by atoms with Gasteiger partial charge in [-0.1, -0.05) is 19.3 Å². The first-order chi connectivity index (χ1) is 8.83.